The van der Waals surface area contributed by atoms with Gasteiger partial charge in [-0.2, -0.15) is 0 Å². The lowest BCUT2D eigenvalue weighted by atomic mass is 10.4. The van der Waals surface area contributed by atoms with E-state index < -0.39 is 195 Å². The van der Waals surface area contributed by atoms with Gasteiger partial charge in [0.15, 0.2) is 0 Å². The van der Waals surface area contributed by atoms with Crippen LogP contribution < -0.4 is 70.6 Å². The Morgan fingerprint density at radius 3 is 0.745 bits per heavy atom. The third-order valence-electron chi connectivity index (χ3n) is 7.94. The van der Waals surface area contributed by atoms with Gasteiger partial charge in [-0.1, -0.05) is 14.9 Å². The zero-order valence-corrected chi connectivity index (χ0v) is 61.4. The lowest BCUT2D eigenvalue weighted by Gasteiger charge is -2.28. The molecule has 51 nitrogen and oxygen atoms in total. The average molecular weight is 1650 g/mol. The molecular formula is C37H92N5O46P10-9. The Labute approximate surface area is 565 Å². The van der Waals surface area contributed by atoms with E-state index in [4.69, 9.17) is 53.3 Å². The first-order valence-electron chi connectivity index (χ1n) is 26.3. The first kappa shape index (κ1) is 110. The molecule has 0 aliphatic carbocycles. The quantitative estimate of drug-likeness (QED) is 0.0153. The van der Waals surface area contributed by atoms with E-state index in [1.165, 1.54) is 27.8 Å². The molecule has 14 atom stereocenters. The molecular weight excluding hydrogens is 1560 g/mol. The molecule has 98 heavy (non-hydrogen) atoms. The zero-order valence-electron chi connectivity index (χ0n) is 52.4. The first-order chi connectivity index (χ1) is 44.0. The van der Waals surface area contributed by atoms with Crippen molar-refractivity contribution in [2.24, 2.45) is 0 Å². The van der Waals surface area contributed by atoms with Crippen molar-refractivity contribution in [2.45, 2.75) is 66.1 Å². The van der Waals surface area contributed by atoms with Crippen LogP contribution in [0.15, 0.2) is 0 Å². The van der Waals surface area contributed by atoms with E-state index in [0.29, 0.717) is 0 Å². The fraction of sp³-hybridized carbons (Fsp3) is 1.00. The maximum absolute atomic E-state index is 11.8. The molecule has 0 rings (SSSR count). The van der Waals surface area contributed by atoms with Gasteiger partial charge in [-0.15, -0.1) is 0 Å². The highest BCUT2D eigenvalue weighted by Gasteiger charge is 2.26. The van der Waals surface area contributed by atoms with Gasteiger partial charge in [0.1, 0.15) is 12.2 Å². The van der Waals surface area contributed by atoms with Gasteiger partial charge < -0.3 is 165 Å². The van der Waals surface area contributed by atoms with Crippen LogP contribution >= 0.6 is 78.2 Å². The molecule has 14 unspecified atom stereocenters. The van der Waals surface area contributed by atoms with Gasteiger partial charge >= 0.3 is 7.82 Å². The van der Waals surface area contributed by atoms with E-state index in [9.17, 15) is 89.7 Å². The van der Waals surface area contributed by atoms with Crippen LogP contribution in [0.25, 0.3) is 0 Å². The van der Waals surface area contributed by atoms with Gasteiger partial charge in [-0.3, -0.25) is 72.2 Å². The SMILES string of the molecule is C.C.CNCOCC(C)OP(=O)([O-])OCCOP(=O)([O-])O.CNCOCC(C)OP(=O)([O-])OCCOP(=O)([O-])O.CNCOCC(C)OP(=O)([O-])OCCOP(=O)([O-])O.CNCOCC(COP(=O)([O-])OCCOP(=O)([O-])OCCOP(=O)([O-])OC(CO)COCNC)OP(=O)(O)O. The number of rotatable bonds is 59. The summed E-state index contributed by atoms with van der Waals surface area (Å²) in [4.78, 5) is 142. The molecule has 11 N–H and O–H groups in total. The fourth-order valence-electron chi connectivity index (χ4n) is 4.79. The van der Waals surface area contributed by atoms with Crippen LogP contribution in [-0.4, -0.2) is 241 Å². The average Bonchev–Trinajstić information content (AvgIpc) is 0.932. The van der Waals surface area contributed by atoms with Crippen molar-refractivity contribution in [3.8, 4) is 0 Å². The number of nitrogens with one attached hydrogen (secondary N) is 5. The Bertz CT molecular complexity index is 2320. The van der Waals surface area contributed by atoms with Gasteiger partial charge in [-0.05, 0) is 56.0 Å². The molecule has 0 aromatic carbocycles. The molecule has 0 aliphatic rings. The largest absolute Gasteiger partial charge is 0.756 e. The molecule has 0 aliphatic heterocycles. The van der Waals surface area contributed by atoms with Crippen molar-refractivity contribution in [3.63, 3.8) is 0 Å². The van der Waals surface area contributed by atoms with E-state index in [1.54, 1.807) is 28.2 Å². The third-order valence-corrected chi connectivity index (χ3v) is 16.4. The summed E-state index contributed by atoms with van der Waals surface area (Å²) in [5.74, 6) is 0. The number of hydrogen-bond acceptors (Lipinski definition) is 46. The Morgan fingerprint density at radius 2 is 0.510 bits per heavy atom. The molecule has 0 fully saturated rings. The van der Waals surface area contributed by atoms with Crippen molar-refractivity contribution in [3.05, 3.63) is 0 Å². The summed E-state index contributed by atoms with van der Waals surface area (Å²) in [7, 11) is -40.5. The minimum Gasteiger partial charge on any atom is -0.756 e. The molecule has 0 bridgehead atoms. The fourth-order valence-corrected chi connectivity index (χ4v) is 11.0. The van der Waals surface area contributed by atoms with Crippen molar-refractivity contribution in [1.82, 2.24) is 26.6 Å². The number of aliphatic hydroxyl groups excluding tert-OH is 1. The summed E-state index contributed by atoms with van der Waals surface area (Å²) in [5.41, 5.74) is 0. The van der Waals surface area contributed by atoms with Crippen LogP contribution in [0.5, 0.6) is 0 Å². The Hall–Kier alpha value is 0.660. The maximum atomic E-state index is 11.8. The Kier molecular flexibility index (Phi) is 66.7. The van der Waals surface area contributed by atoms with Crippen molar-refractivity contribution in [1.29, 1.82) is 0 Å². The van der Waals surface area contributed by atoms with Crippen LogP contribution in [-0.2, 0) is 142 Å². The second-order valence-corrected chi connectivity index (χ2v) is 30.0. The third kappa shape index (κ3) is 82.3. The van der Waals surface area contributed by atoms with E-state index in [1.807, 2.05) is 0 Å². The van der Waals surface area contributed by atoms with Crippen LogP contribution in [0.3, 0.4) is 0 Å². The maximum Gasteiger partial charge on any atom is 0.470 e. The summed E-state index contributed by atoms with van der Waals surface area (Å²) in [6.45, 7) is -4.33. The molecule has 0 heterocycles. The standard InChI is InChI=1S/C14H36N2O19P4.3C7H19NO9P2.2CH4/c1-15-11-27-8-13(7-17)35-39(25,26)32-6-5-30-37(21,22)29-3-4-31-38(23,24)33-10-14(9-28-12-16-2)34-36(18,19)20;3*1-7(5-14-6-8-2)17-19(12,13)16-4-3-15-18(9,10)11;;/h13-17H,3-12H2,1-2H3,(H,21,22)(H,23,24)(H,25,26)(H2,18,19,20);3*7-8H,3-6H2,1-2H3,(H,12,13)(H2,9,10,11);2*1H4/p-9. The molecule has 0 aromatic rings. The van der Waals surface area contributed by atoms with Gasteiger partial charge in [-0.25, -0.2) is 4.57 Å². The summed E-state index contributed by atoms with van der Waals surface area (Å²) in [5, 5.41) is 22.3. The van der Waals surface area contributed by atoms with Crippen LogP contribution in [0.2, 0.25) is 0 Å². The molecule has 0 spiro atoms. The molecule has 0 radical (unpaired) electrons. The van der Waals surface area contributed by atoms with E-state index in [-0.39, 0.29) is 74.9 Å². The first-order valence-corrected chi connectivity index (χ1v) is 41.1. The molecule has 0 aromatic heterocycles. The zero-order chi connectivity index (χ0) is 74.8. The summed E-state index contributed by atoms with van der Waals surface area (Å²) in [6, 6.07) is 0. The highest BCUT2D eigenvalue weighted by molar-refractivity contribution is 7.48. The lowest BCUT2D eigenvalue weighted by molar-refractivity contribution is -0.238. The predicted octanol–water partition coefficient (Wildman–Crippen LogP) is -6.37. The Morgan fingerprint density at radius 1 is 0.296 bits per heavy atom. The molecule has 0 amide bonds. The summed E-state index contributed by atoms with van der Waals surface area (Å²) in [6.07, 6.45) is -5.06. The molecule has 61 heteroatoms. The van der Waals surface area contributed by atoms with Crippen LogP contribution in [0, 0.1) is 0 Å². The lowest BCUT2D eigenvalue weighted by Crippen LogP contribution is -2.28. The number of hydrogen-bond donors (Lipinski definition) is 11. The second kappa shape index (κ2) is 59.7. The highest BCUT2D eigenvalue weighted by atomic mass is 31.2. The minimum absolute atomic E-state index is 0. The van der Waals surface area contributed by atoms with Crippen molar-refractivity contribution in [2.75, 3.05) is 181 Å². The predicted molar refractivity (Wildman–Crippen MR) is 314 cm³/mol. The van der Waals surface area contributed by atoms with Gasteiger partial charge in [0.05, 0.1) is 164 Å². The van der Waals surface area contributed by atoms with E-state index in [2.05, 4.69) is 99.0 Å². The topological polar surface area (TPSA) is 754 Å². The van der Waals surface area contributed by atoms with E-state index >= 15 is 0 Å². The van der Waals surface area contributed by atoms with E-state index in [0.717, 1.165) is 0 Å². The van der Waals surface area contributed by atoms with Crippen molar-refractivity contribution >= 4 is 78.2 Å². The summed E-state index contributed by atoms with van der Waals surface area (Å²) >= 11 is 0. The number of ether oxygens (including phenoxy) is 5. The number of aliphatic hydroxyl groups is 1. The smallest absolute Gasteiger partial charge is 0.470 e. The Balaban J connectivity index is -0.000000305. The second-order valence-electron chi connectivity index (χ2n) is 16.9. The highest BCUT2D eigenvalue weighted by Crippen LogP contribution is 2.45. The van der Waals surface area contributed by atoms with Gasteiger partial charge in [0, 0.05) is 0 Å². The molecule has 0 saturated carbocycles. The number of phosphoric ester groups is 10. The normalized spacial score (nSPS) is 18.8. The molecule has 0 saturated heterocycles. The number of phosphoric acid groups is 10. The minimum atomic E-state index is -5.10. The monoisotopic (exact) mass is 1650 g/mol. The molecule has 600 valence electrons. The van der Waals surface area contributed by atoms with Crippen molar-refractivity contribution < 1.29 is 215 Å². The van der Waals surface area contributed by atoms with Gasteiger partial charge in [0.25, 0.3) is 70.4 Å². The summed E-state index contributed by atoms with van der Waals surface area (Å²) < 4.78 is 204. The van der Waals surface area contributed by atoms with Crippen LogP contribution in [0.1, 0.15) is 35.6 Å². The van der Waals surface area contributed by atoms with Crippen LogP contribution in [0.4, 0.5) is 0 Å². The van der Waals surface area contributed by atoms with Gasteiger partial charge in [0.2, 0.25) is 0 Å².